The van der Waals surface area contributed by atoms with E-state index in [1.165, 1.54) is 18.9 Å². The Morgan fingerprint density at radius 3 is 2.76 bits per heavy atom. The summed E-state index contributed by atoms with van der Waals surface area (Å²) < 4.78 is 14.1. The molecule has 21 heavy (non-hydrogen) atoms. The zero-order valence-corrected chi connectivity index (χ0v) is 12.8. The Hall–Kier alpha value is -1.62. The van der Waals surface area contributed by atoms with E-state index in [-0.39, 0.29) is 18.3 Å². The molecule has 0 aliphatic heterocycles. The molecule has 0 radical (unpaired) electrons. The second-order valence-electron chi connectivity index (χ2n) is 5.36. The minimum atomic E-state index is -0.213. The largest absolute Gasteiger partial charge is 0.362 e. The first kappa shape index (κ1) is 15.8. The predicted octanol–water partition coefficient (Wildman–Crippen LogP) is 2.04. The Balaban J connectivity index is 2.14. The first-order valence-corrected chi connectivity index (χ1v) is 7.68. The van der Waals surface area contributed by atoms with Crippen molar-refractivity contribution in [1.82, 2.24) is 10.6 Å². The van der Waals surface area contributed by atoms with Crippen LogP contribution < -0.4 is 15.5 Å². The highest BCUT2D eigenvalue weighted by Crippen LogP contribution is 2.25. The van der Waals surface area contributed by atoms with Crippen LogP contribution in [0.1, 0.15) is 32.3 Å². The van der Waals surface area contributed by atoms with Crippen molar-refractivity contribution in [3.05, 3.63) is 29.6 Å². The molecule has 116 valence electrons. The molecular formula is C16H24FN3O. The number of hydrogen-bond donors (Lipinski definition) is 2. The maximum absolute atomic E-state index is 14.1. The van der Waals surface area contributed by atoms with Crippen molar-refractivity contribution in [2.45, 2.75) is 39.3 Å². The van der Waals surface area contributed by atoms with Crippen LogP contribution in [0.25, 0.3) is 0 Å². The molecule has 5 heteroatoms. The van der Waals surface area contributed by atoms with Gasteiger partial charge in [0.1, 0.15) is 5.82 Å². The number of benzene rings is 1. The first-order valence-electron chi connectivity index (χ1n) is 7.68. The number of carbonyl (C=O) groups is 1. The van der Waals surface area contributed by atoms with Crippen LogP contribution in [0, 0.1) is 5.82 Å². The van der Waals surface area contributed by atoms with Crippen LogP contribution in [0.3, 0.4) is 0 Å². The Morgan fingerprint density at radius 1 is 1.38 bits per heavy atom. The van der Waals surface area contributed by atoms with E-state index in [1.54, 1.807) is 6.07 Å². The van der Waals surface area contributed by atoms with Gasteiger partial charge in [0, 0.05) is 36.9 Å². The summed E-state index contributed by atoms with van der Waals surface area (Å²) in [6.45, 7) is 5.90. The van der Waals surface area contributed by atoms with Crippen molar-refractivity contribution in [2.24, 2.45) is 0 Å². The molecule has 1 aliphatic carbocycles. The highest BCUT2D eigenvalue weighted by atomic mass is 19.1. The van der Waals surface area contributed by atoms with Gasteiger partial charge in [-0.2, -0.15) is 0 Å². The van der Waals surface area contributed by atoms with Gasteiger partial charge in [0.2, 0.25) is 5.91 Å². The summed E-state index contributed by atoms with van der Waals surface area (Å²) in [6, 6.07) is 5.59. The van der Waals surface area contributed by atoms with Gasteiger partial charge in [-0.25, -0.2) is 4.39 Å². The summed E-state index contributed by atoms with van der Waals surface area (Å²) in [7, 11) is 0. The maximum atomic E-state index is 14.1. The average Bonchev–Trinajstić information content (AvgIpc) is 3.28. The van der Waals surface area contributed by atoms with Crippen LogP contribution >= 0.6 is 0 Å². The van der Waals surface area contributed by atoms with E-state index in [9.17, 15) is 9.18 Å². The fraction of sp³-hybridized carbons (Fsp3) is 0.562. The summed E-state index contributed by atoms with van der Waals surface area (Å²) in [5.74, 6) is -0.250. The minimum Gasteiger partial charge on any atom is -0.362 e. The fourth-order valence-corrected chi connectivity index (χ4v) is 2.35. The predicted molar refractivity (Wildman–Crippen MR) is 82.8 cm³/mol. The fourth-order valence-electron chi connectivity index (χ4n) is 2.35. The molecule has 2 rings (SSSR count). The lowest BCUT2D eigenvalue weighted by Gasteiger charge is -2.25. The second kappa shape index (κ2) is 7.41. The van der Waals surface area contributed by atoms with Gasteiger partial charge in [-0.15, -0.1) is 0 Å². The lowest BCUT2D eigenvalue weighted by atomic mass is 10.1. The monoisotopic (exact) mass is 293 g/mol. The average molecular weight is 293 g/mol. The third kappa shape index (κ3) is 4.43. The molecule has 0 bridgehead atoms. The third-order valence-electron chi connectivity index (χ3n) is 3.67. The van der Waals surface area contributed by atoms with Gasteiger partial charge in [-0.1, -0.05) is 6.07 Å². The van der Waals surface area contributed by atoms with Gasteiger partial charge < -0.3 is 15.5 Å². The van der Waals surface area contributed by atoms with Gasteiger partial charge in [-0.3, -0.25) is 4.79 Å². The zero-order valence-electron chi connectivity index (χ0n) is 12.8. The Kier molecular flexibility index (Phi) is 5.56. The van der Waals surface area contributed by atoms with Crippen molar-refractivity contribution >= 4 is 11.6 Å². The third-order valence-corrected chi connectivity index (χ3v) is 3.67. The minimum absolute atomic E-state index is 0.0373. The van der Waals surface area contributed by atoms with Crippen molar-refractivity contribution in [3.8, 4) is 0 Å². The van der Waals surface area contributed by atoms with E-state index in [2.05, 4.69) is 10.6 Å². The number of rotatable bonds is 8. The molecule has 0 unspecified atom stereocenters. The summed E-state index contributed by atoms with van der Waals surface area (Å²) >= 11 is 0. The standard InChI is InChI=1S/C16H24FN3O/c1-3-18-16(21)11-20(4-2)15-7-5-6-14(17)13(15)10-19-12-8-9-12/h5-7,12,19H,3-4,8-11H2,1-2H3,(H,18,21). The van der Waals surface area contributed by atoms with Crippen LogP contribution in [-0.4, -0.2) is 31.6 Å². The number of nitrogens with zero attached hydrogens (tertiary/aromatic N) is 1. The normalized spacial score (nSPS) is 14.0. The first-order chi connectivity index (χ1) is 10.2. The molecule has 1 saturated carbocycles. The van der Waals surface area contributed by atoms with E-state index < -0.39 is 0 Å². The zero-order chi connectivity index (χ0) is 15.2. The van der Waals surface area contributed by atoms with Gasteiger partial charge in [0.15, 0.2) is 0 Å². The number of anilines is 1. The van der Waals surface area contributed by atoms with E-state index in [1.807, 2.05) is 24.8 Å². The quantitative estimate of drug-likeness (QED) is 0.771. The smallest absolute Gasteiger partial charge is 0.239 e. The Labute approximate surface area is 125 Å². The summed E-state index contributed by atoms with van der Waals surface area (Å²) in [5, 5.41) is 6.13. The molecule has 0 aromatic heterocycles. The van der Waals surface area contributed by atoms with E-state index >= 15 is 0 Å². The van der Waals surface area contributed by atoms with Crippen molar-refractivity contribution in [2.75, 3.05) is 24.5 Å². The number of likely N-dealkylation sites (N-methyl/N-ethyl adjacent to an activating group) is 2. The number of amides is 1. The molecule has 1 aromatic carbocycles. The summed E-state index contributed by atoms with van der Waals surface area (Å²) in [4.78, 5) is 13.7. The molecule has 0 heterocycles. The SMILES string of the molecule is CCNC(=O)CN(CC)c1cccc(F)c1CNC1CC1. The van der Waals surface area contributed by atoms with Crippen molar-refractivity contribution < 1.29 is 9.18 Å². The molecule has 1 fully saturated rings. The van der Waals surface area contributed by atoms with Crippen LogP contribution in [0.5, 0.6) is 0 Å². The van der Waals surface area contributed by atoms with Crippen LogP contribution in [0.2, 0.25) is 0 Å². The molecule has 1 aliphatic rings. The molecule has 0 atom stereocenters. The number of nitrogens with one attached hydrogen (secondary N) is 2. The number of carbonyl (C=O) groups excluding carboxylic acids is 1. The summed E-state index contributed by atoms with van der Waals surface area (Å²) in [6.07, 6.45) is 2.33. The highest BCUT2D eigenvalue weighted by molar-refractivity contribution is 5.81. The van der Waals surface area contributed by atoms with Crippen molar-refractivity contribution in [1.29, 1.82) is 0 Å². The lowest BCUT2D eigenvalue weighted by molar-refractivity contribution is -0.119. The van der Waals surface area contributed by atoms with Crippen LogP contribution in [-0.2, 0) is 11.3 Å². The van der Waals surface area contributed by atoms with Gasteiger partial charge in [0.25, 0.3) is 0 Å². The topological polar surface area (TPSA) is 44.4 Å². The Bertz CT molecular complexity index is 488. The van der Waals surface area contributed by atoms with Crippen LogP contribution in [0.4, 0.5) is 10.1 Å². The molecule has 0 spiro atoms. The highest BCUT2D eigenvalue weighted by Gasteiger charge is 2.22. The summed E-state index contributed by atoms with van der Waals surface area (Å²) in [5.41, 5.74) is 1.45. The number of hydrogen-bond acceptors (Lipinski definition) is 3. The second-order valence-corrected chi connectivity index (χ2v) is 5.36. The number of halogens is 1. The van der Waals surface area contributed by atoms with Gasteiger partial charge in [0.05, 0.1) is 6.54 Å². The van der Waals surface area contributed by atoms with E-state index in [0.717, 1.165) is 5.69 Å². The van der Waals surface area contributed by atoms with Gasteiger partial charge >= 0.3 is 0 Å². The molecule has 2 N–H and O–H groups in total. The van der Waals surface area contributed by atoms with Crippen molar-refractivity contribution in [3.63, 3.8) is 0 Å². The van der Waals surface area contributed by atoms with Gasteiger partial charge in [-0.05, 0) is 38.8 Å². The van der Waals surface area contributed by atoms with Crippen LogP contribution in [0.15, 0.2) is 18.2 Å². The molecular weight excluding hydrogens is 269 g/mol. The van der Waals surface area contributed by atoms with E-state index in [4.69, 9.17) is 0 Å². The molecule has 1 aromatic rings. The molecule has 1 amide bonds. The van der Waals surface area contributed by atoms with E-state index in [0.29, 0.717) is 31.2 Å². The molecule has 4 nitrogen and oxygen atoms in total. The Morgan fingerprint density at radius 2 is 2.14 bits per heavy atom. The molecule has 0 saturated heterocycles. The lowest BCUT2D eigenvalue weighted by Crippen LogP contribution is -2.38. The maximum Gasteiger partial charge on any atom is 0.239 e.